The number of nitrogens with one attached hydrogen (secondary N) is 2. The molecule has 1 atom stereocenters. The first kappa shape index (κ1) is 13.0. The van der Waals surface area contributed by atoms with Gasteiger partial charge >= 0.3 is 6.03 Å². The number of pyridine rings is 1. The Balaban J connectivity index is 1.97. The van der Waals surface area contributed by atoms with Gasteiger partial charge in [0, 0.05) is 6.20 Å². The first-order valence-corrected chi connectivity index (χ1v) is 5.93. The minimum atomic E-state index is -0.433. The molecule has 1 aromatic heterocycles. The predicted molar refractivity (Wildman–Crippen MR) is 72.7 cm³/mol. The highest BCUT2D eigenvalue weighted by molar-refractivity contribution is 5.89. The van der Waals surface area contributed by atoms with Crippen molar-refractivity contribution in [2.45, 2.75) is 6.04 Å². The molecule has 5 heteroatoms. The molecule has 0 spiro atoms. The van der Waals surface area contributed by atoms with Gasteiger partial charge in [0.2, 0.25) is 0 Å². The number of hydrogen-bond acceptors (Lipinski definition) is 3. The van der Waals surface area contributed by atoms with Gasteiger partial charge < -0.3 is 15.7 Å². The van der Waals surface area contributed by atoms with Crippen LogP contribution in [0.4, 0.5) is 10.5 Å². The number of benzene rings is 1. The van der Waals surface area contributed by atoms with E-state index in [1.165, 1.54) is 0 Å². The highest BCUT2D eigenvalue weighted by Crippen LogP contribution is 2.12. The molecule has 1 aromatic carbocycles. The Morgan fingerprint density at radius 3 is 2.63 bits per heavy atom. The number of amides is 2. The van der Waals surface area contributed by atoms with Crippen molar-refractivity contribution in [1.82, 2.24) is 10.3 Å². The first-order valence-electron chi connectivity index (χ1n) is 5.93. The molecule has 1 heterocycles. The van der Waals surface area contributed by atoms with Crippen LogP contribution in [0.25, 0.3) is 0 Å². The van der Waals surface area contributed by atoms with Crippen LogP contribution in [0.15, 0.2) is 54.9 Å². The zero-order valence-corrected chi connectivity index (χ0v) is 10.3. The van der Waals surface area contributed by atoms with Gasteiger partial charge in [-0.15, -0.1) is 0 Å². The molecule has 0 aliphatic carbocycles. The molecule has 2 aromatic rings. The second-order valence-corrected chi connectivity index (χ2v) is 3.99. The molecule has 2 amide bonds. The van der Waals surface area contributed by atoms with Crippen molar-refractivity contribution >= 4 is 11.7 Å². The monoisotopic (exact) mass is 257 g/mol. The molecule has 0 bridgehead atoms. The summed E-state index contributed by atoms with van der Waals surface area (Å²) in [6, 6.07) is 12.0. The fourth-order valence-electron chi connectivity index (χ4n) is 1.68. The van der Waals surface area contributed by atoms with Gasteiger partial charge in [0.15, 0.2) is 0 Å². The summed E-state index contributed by atoms with van der Waals surface area (Å²) in [7, 11) is 0. The number of nitrogens with zero attached hydrogens (tertiary/aromatic N) is 1. The molecule has 0 saturated carbocycles. The van der Waals surface area contributed by atoms with E-state index in [0.29, 0.717) is 5.69 Å². The van der Waals surface area contributed by atoms with Gasteiger partial charge in [-0.05, 0) is 17.7 Å². The third kappa shape index (κ3) is 3.79. The smallest absolute Gasteiger partial charge is 0.319 e. The normalized spacial score (nSPS) is 11.6. The second kappa shape index (κ2) is 6.51. The van der Waals surface area contributed by atoms with E-state index in [0.717, 1.165) is 5.56 Å². The summed E-state index contributed by atoms with van der Waals surface area (Å²) < 4.78 is 0. The average molecular weight is 257 g/mol. The first-order chi connectivity index (χ1) is 9.29. The van der Waals surface area contributed by atoms with Crippen LogP contribution in [0, 0.1) is 0 Å². The van der Waals surface area contributed by atoms with E-state index >= 15 is 0 Å². The second-order valence-electron chi connectivity index (χ2n) is 3.99. The summed E-state index contributed by atoms with van der Waals surface area (Å²) in [5, 5.41) is 14.7. The maximum absolute atomic E-state index is 11.8. The molecule has 0 radical (unpaired) electrons. The van der Waals surface area contributed by atoms with Gasteiger partial charge in [0.1, 0.15) is 0 Å². The number of carbonyl (C=O) groups excluding carboxylic acids is 1. The average Bonchev–Trinajstić information content (AvgIpc) is 2.47. The number of aromatic nitrogens is 1. The molecular formula is C14H15N3O2. The molecule has 98 valence electrons. The van der Waals surface area contributed by atoms with Crippen molar-refractivity contribution in [1.29, 1.82) is 0 Å². The van der Waals surface area contributed by atoms with Crippen molar-refractivity contribution in [2.24, 2.45) is 0 Å². The molecule has 0 saturated heterocycles. The lowest BCUT2D eigenvalue weighted by Crippen LogP contribution is -2.34. The SMILES string of the molecule is O=C(Nc1cccnc1)NC(CO)c1ccccc1. The third-order valence-electron chi connectivity index (χ3n) is 2.61. The topological polar surface area (TPSA) is 74.2 Å². The molecule has 3 N–H and O–H groups in total. The number of aliphatic hydroxyl groups is 1. The Labute approximate surface area is 111 Å². The van der Waals surface area contributed by atoms with Crippen LogP contribution in [0.3, 0.4) is 0 Å². The van der Waals surface area contributed by atoms with Gasteiger partial charge in [-0.1, -0.05) is 30.3 Å². The number of urea groups is 1. The van der Waals surface area contributed by atoms with E-state index in [4.69, 9.17) is 0 Å². The molecule has 0 aliphatic heterocycles. The zero-order valence-electron chi connectivity index (χ0n) is 10.3. The van der Waals surface area contributed by atoms with Gasteiger partial charge in [-0.2, -0.15) is 0 Å². The summed E-state index contributed by atoms with van der Waals surface area (Å²) >= 11 is 0. The van der Waals surface area contributed by atoms with E-state index in [1.54, 1.807) is 24.5 Å². The molecule has 1 unspecified atom stereocenters. The van der Waals surface area contributed by atoms with Gasteiger partial charge in [0.25, 0.3) is 0 Å². The lowest BCUT2D eigenvalue weighted by Gasteiger charge is -2.17. The van der Waals surface area contributed by atoms with Crippen LogP contribution in [-0.2, 0) is 0 Å². The highest BCUT2D eigenvalue weighted by Gasteiger charge is 2.13. The van der Waals surface area contributed by atoms with Gasteiger partial charge in [-0.25, -0.2) is 4.79 Å². The fraction of sp³-hybridized carbons (Fsp3) is 0.143. The molecule has 5 nitrogen and oxygen atoms in total. The summed E-state index contributed by atoms with van der Waals surface area (Å²) in [6.45, 7) is -0.162. The summed E-state index contributed by atoms with van der Waals surface area (Å²) in [6.07, 6.45) is 3.18. The quantitative estimate of drug-likeness (QED) is 0.783. The van der Waals surface area contributed by atoms with Crippen LogP contribution in [0.5, 0.6) is 0 Å². The molecule has 0 fully saturated rings. The van der Waals surface area contributed by atoms with E-state index in [1.807, 2.05) is 30.3 Å². The van der Waals surface area contributed by atoms with Crippen molar-refractivity contribution in [3.63, 3.8) is 0 Å². The molecule has 2 rings (SSSR count). The Kier molecular flexibility index (Phi) is 4.47. The summed E-state index contributed by atoms with van der Waals surface area (Å²) in [5.74, 6) is 0. The van der Waals surface area contributed by atoms with E-state index in [9.17, 15) is 9.90 Å². The maximum atomic E-state index is 11.8. The van der Waals surface area contributed by atoms with Crippen LogP contribution in [-0.4, -0.2) is 22.7 Å². The Hall–Kier alpha value is -2.40. The fourth-order valence-corrected chi connectivity index (χ4v) is 1.68. The standard InChI is InChI=1S/C14H15N3O2/c18-10-13(11-5-2-1-3-6-11)17-14(19)16-12-7-4-8-15-9-12/h1-9,13,18H,10H2,(H2,16,17,19). The molecule has 19 heavy (non-hydrogen) atoms. The Morgan fingerprint density at radius 2 is 2.00 bits per heavy atom. The number of aliphatic hydroxyl groups excluding tert-OH is 1. The van der Waals surface area contributed by atoms with Crippen LogP contribution in [0.2, 0.25) is 0 Å². The van der Waals surface area contributed by atoms with E-state index < -0.39 is 6.04 Å². The van der Waals surface area contributed by atoms with Crippen molar-refractivity contribution in [3.8, 4) is 0 Å². The van der Waals surface area contributed by atoms with Crippen LogP contribution >= 0.6 is 0 Å². The predicted octanol–water partition coefficient (Wildman–Crippen LogP) is 1.94. The van der Waals surface area contributed by atoms with Gasteiger partial charge in [0.05, 0.1) is 24.5 Å². The van der Waals surface area contributed by atoms with Crippen LogP contribution < -0.4 is 10.6 Å². The number of hydrogen-bond donors (Lipinski definition) is 3. The number of rotatable bonds is 4. The van der Waals surface area contributed by atoms with E-state index in [-0.39, 0.29) is 12.6 Å². The number of anilines is 1. The zero-order chi connectivity index (χ0) is 13.5. The minimum absolute atomic E-state index is 0.162. The van der Waals surface area contributed by atoms with E-state index in [2.05, 4.69) is 15.6 Å². The van der Waals surface area contributed by atoms with Crippen molar-refractivity contribution in [2.75, 3.05) is 11.9 Å². The largest absolute Gasteiger partial charge is 0.394 e. The molecular weight excluding hydrogens is 242 g/mol. The maximum Gasteiger partial charge on any atom is 0.319 e. The Morgan fingerprint density at radius 1 is 1.21 bits per heavy atom. The van der Waals surface area contributed by atoms with Crippen molar-refractivity contribution in [3.05, 3.63) is 60.4 Å². The molecule has 0 aliphatic rings. The third-order valence-corrected chi connectivity index (χ3v) is 2.61. The highest BCUT2D eigenvalue weighted by atomic mass is 16.3. The Bertz CT molecular complexity index is 517. The summed E-state index contributed by atoms with van der Waals surface area (Å²) in [4.78, 5) is 15.7. The van der Waals surface area contributed by atoms with Crippen molar-refractivity contribution < 1.29 is 9.90 Å². The lowest BCUT2D eigenvalue weighted by atomic mass is 10.1. The lowest BCUT2D eigenvalue weighted by molar-refractivity contribution is 0.225. The number of carbonyl (C=O) groups is 1. The van der Waals surface area contributed by atoms with Gasteiger partial charge in [-0.3, -0.25) is 4.98 Å². The summed E-state index contributed by atoms with van der Waals surface area (Å²) in [5.41, 5.74) is 1.45. The minimum Gasteiger partial charge on any atom is -0.394 e. The van der Waals surface area contributed by atoms with Crippen LogP contribution in [0.1, 0.15) is 11.6 Å².